The summed E-state index contributed by atoms with van der Waals surface area (Å²) in [4.78, 5) is 0. The van der Waals surface area contributed by atoms with Gasteiger partial charge in [-0.05, 0) is 61.2 Å². The first-order chi connectivity index (χ1) is 7.85. The van der Waals surface area contributed by atoms with E-state index in [0.717, 1.165) is 36.2 Å². The summed E-state index contributed by atoms with van der Waals surface area (Å²) in [5.41, 5.74) is 0. The van der Waals surface area contributed by atoms with Crippen molar-refractivity contribution in [3.8, 4) is 0 Å². The summed E-state index contributed by atoms with van der Waals surface area (Å²) in [5, 5.41) is 9.46. The van der Waals surface area contributed by atoms with Crippen LogP contribution in [-0.2, 0) is 4.74 Å². The van der Waals surface area contributed by atoms with E-state index in [1.807, 2.05) is 0 Å². The van der Waals surface area contributed by atoms with E-state index in [1.165, 1.54) is 25.7 Å². The van der Waals surface area contributed by atoms with E-state index in [0.29, 0.717) is 12.5 Å². The lowest BCUT2D eigenvalue weighted by molar-refractivity contribution is 0.0736. The van der Waals surface area contributed by atoms with Gasteiger partial charge in [-0.2, -0.15) is 0 Å². The number of aliphatic hydroxyl groups is 1. The lowest BCUT2D eigenvalue weighted by atomic mass is 9.73. The summed E-state index contributed by atoms with van der Waals surface area (Å²) in [5.74, 6) is 4.83. The largest absolute Gasteiger partial charge is 0.502 e. The van der Waals surface area contributed by atoms with Crippen molar-refractivity contribution in [2.75, 3.05) is 13.2 Å². The molecule has 0 spiro atoms. The van der Waals surface area contributed by atoms with E-state index in [9.17, 15) is 5.11 Å². The zero-order valence-electron chi connectivity index (χ0n) is 9.85. The van der Waals surface area contributed by atoms with Gasteiger partial charge in [0.1, 0.15) is 0 Å². The SMILES string of the molecule is C=COCC1CC2CC1C1C(CO)CCC21. The third-order valence-corrected chi connectivity index (χ3v) is 5.46. The normalized spacial score (nSPS) is 49.3. The van der Waals surface area contributed by atoms with Gasteiger partial charge >= 0.3 is 0 Å². The van der Waals surface area contributed by atoms with Crippen LogP contribution in [0.1, 0.15) is 25.7 Å². The molecule has 3 saturated carbocycles. The first-order valence-electron chi connectivity index (χ1n) is 6.68. The van der Waals surface area contributed by atoms with Gasteiger partial charge in [-0.3, -0.25) is 0 Å². The van der Waals surface area contributed by atoms with Crippen LogP contribution >= 0.6 is 0 Å². The summed E-state index contributed by atoms with van der Waals surface area (Å²) in [6.45, 7) is 4.87. The van der Waals surface area contributed by atoms with Gasteiger partial charge in [0.15, 0.2) is 0 Å². The molecule has 3 aliphatic carbocycles. The number of rotatable bonds is 4. The Bertz CT molecular complexity index is 276. The first kappa shape index (κ1) is 10.6. The fourth-order valence-corrected chi connectivity index (χ4v) is 4.98. The third-order valence-electron chi connectivity index (χ3n) is 5.46. The van der Waals surface area contributed by atoms with Crippen molar-refractivity contribution >= 4 is 0 Å². The average molecular weight is 222 g/mol. The Morgan fingerprint density at radius 1 is 1.19 bits per heavy atom. The molecule has 3 aliphatic rings. The Labute approximate surface area is 97.7 Å². The zero-order chi connectivity index (χ0) is 11.1. The summed E-state index contributed by atoms with van der Waals surface area (Å²) >= 11 is 0. The van der Waals surface area contributed by atoms with Crippen LogP contribution in [0.3, 0.4) is 0 Å². The van der Waals surface area contributed by atoms with Crippen LogP contribution in [0.4, 0.5) is 0 Å². The number of hydrogen-bond acceptors (Lipinski definition) is 2. The van der Waals surface area contributed by atoms with Crippen LogP contribution in [0.2, 0.25) is 0 Å². The van der Waals surface area contributed by atoms with E-state index in [-0.39, 0.29) is 0 Å². The van der Waals surface area contributed by atoms with Gasteiger partial charge < -0.3 is 9.84 Å². The van der Waals surface area contributed by atoms with E-state index in [4.69, 9.17) is 4.74 Å². The lowest BCUT2D eigenvalue weighted by Gasteiger charge is -2.33. The maximum atomic E-state index is 9.46. The topological polar surface area (TPSA) is 29.5 Å². The predicted octanol–water partition coefficient (Wildman–Crippen LogP) is 2.44. The highest BCUT2D eigenvalue weighted by Crippen LogP contribution is 2.62. The van der Waals surface area contributed by atoms with Crippen LogP contribution in [0, 0.1) is 35.5 Å². The molecule has 90 valence electrons. The monoisotopic (exact) mass is 222 g/mol. The minimum Gasteiger partial charge on any atom is -0.502 e. The maximum absolute atomic E-state index is 9.46. The molecule has 6 unspecified atom stereocenters. The molecule has 2 bridgehead atoms. The van der Waals surface area contributed by atoms with Crippen molar-refractivity contribution in [3.05, 3.63) is 12.8 Å². The standard InChI is InChI=1S/C14H22O2/c1-2-16-8-11-5-10-6-13(11)14-9(7-15)3-4-12(10)14/h2,9-15H,1,3-8H2. The summed E-state index contributed by atoms with van der Waals surface area (Å²) in [6.07, 6.45) is 6.95. The van der Waals surface area contributed by atoms with Crippen LogP contribution in [-0.4, -0.2) is 18.3 Å². The first-order valence-corrected chi connectivity index (χ1v) is 6.68. The number of ether oxygens (including phenoxy) is 1. The molecule has 3 rings (SSSR count). The Kier molecular flexibility index (Phi) is 2.70. The quantitative estimate of drug-likeness (QED) is 0.740. The van der Waals surface area contributed by atoms with E-state index in [1.54, 1.807) is 6.26 Å². The molecule has 0 aromatic heterocycles. The van der Waals surface area contributed by atoms with E-state index in [2.05, 4.69) is 6.58 Å². The molecule has 2 nitrogen and oxygen atoms in total. The van der Waals surface area contributed by atoms with Gasteiger partial charge in [0.2, 0.25) is 0 Å². The van der Waals surface area contributed by atoms with Gasteiger partial charge in [-0.15, -0.1) is 0 Å². The van der Waals surface area contributed by atoms with Crippen molar-refractivity contribution in [1.29, 1.82) is 0 Å². The number of fused-ring (bicyclic) bond motifs is 5. The average Bonchev–Trinajstić information content (AvgIpc) is 2.96. The molecular weight excluding hydrogens is 200 g/mol. The van der Waals surface area contributed by atoms with Crippen LogP contribution in [0.15, 0.2) is 12.8 Å². The predicted molar refractivity (Wildman–Crippen MR) is 62.6 cm³/mol. The molecular formula is C14H22O2. The molecule has 3 fully saturated rings. The van der Waals surface area contributed by atoms with Crippen molar-refractivity contribution in [1.82, 2.24) is 0 Å². The highest BCUT2D eigenvalue weighted by Gasteiger charge is 2.56. The number of hydrogen-bond donors (Lipinski definition) is 1. The van der Waals surface area contributed by atoms with Gasteiger partial charge in [-0.1, -0.05) is 6.58 Å². The molecule has 6 atom stereocenters. The van der Waals surface area contributed by atoms with Crippen LogP contribution in [0.5, 0.6) is 0 Å². The van der Waals surface area contributed by atoms with Crippen molar-refractivity contribution < 1.29 is 9.84 Å². The van der Waals surface area contributed by atoms with Crippen molar-refractivity contribution in [2.45, 2.75) is 25.7 Å². The summed E-state index contributed by atoms with van der Waals surface area (Å²) < 4.78 is 5.39. The Hall–Kier alpha value is -0.500. The van der Waals surface area contributed by atoms with Crippen molar-refractivity contribution in [2.24, 2.45) is 35.5 Å². The Morgan fingerprint density at radius 3 is 2.81 bits per heavy atom. The minimum atomic E-state index is 0.402. The molecule has 1 N–H and O–H groups in total. The van der Waals surface area contributed by atoms with Gasteiger partial charge in [0.05, 0.1) is 12.9 Å². The maximum Gasteiger partial charge on any atom is 0.0903 e. The molecule has 0 amide bonds. The molecule has 0 radical (unpaired) electrons. The second-order valence-corrected chi connectivity index (χ2v) is 5.92. The Morgan fingerprint density at radius 2 is 2.06 bits per heavy atom. The molecule has 2 heteroatoms. The fraction of sp³-hybridized carbons (Fsp3) is 0.857. The Balaban J connectivity index is 1.71. The third kappa shape index (κ3) is 1.42. The highest BCUT2D eigenvalue weighted by atomic mass is 16.5. The summed E-state index contributed by atoms with van der Waals surface area (Å²) in [7, 11) is 0. The molecule has 0 saturated heterocycles. The van der Waals surface area contributed by atoms with Crippen LogP contribution in [0.25, 0.3) is 0 Å². The van der Waals surface area contributed by atoms with Gasteiger partial charge in [0, 0.05) is 6.61 Å². The smallest absolute Gasteiger partial charge is 0.0903 e. The number of aliphatic hydroxyl groups excluding tert-OH is 1. The van der Waals surface area contributed by atoms with E-state index < -0.39 is 0 Å². The lowest BCUT2D eigenvalue weighted by Crippen LogP contribution is -2.31. The second-order valence-electron chi connectivity index (χ2n) is 5.92. The molecule has 0 aromatic rings. The molecule has 0 heterocycles. The van der Waals surface area contributed by atoms with Crippen LogP contribution < -0.4 is 0 Å². The van der Waals surface area contributed by atoms with Gasteiger partial charge in [0.25, 0.3) is 0 Å². The molecule has 16 heavy (non-hydrogen) atoms. The zero-order valence-corrected chi connectivity index (χ0v) is 9.85. The minimum absolute atomic E-state index is 0.402. The van der Waals surface area contributed by atoms with E-state index >= 15 is 0 Å². The fourth-order valence-electron chi connectivity index (χ4n) is 4.98. The molecule has 0 aromatic carbocycles. The van der Waals surface area contributed by atoms with Gasteiger partial charge in [-0.25, -0.2) is 0 Å². The highest BCUT2D eigenvalue weighted by molar-refractivity contribution is 5.05. The molecule has 0 aliphatic heterocycles. The second kappa shape index (κ2) is 4.06. The summed E-state index contributed by atoms with van der Waals surface area (Å²) in [6, 6.07) is 0. The van der Waals surface area contributed by atoms with Crippen molar-refractivity contribution in [3.63, 3.8) is 0 Å².